The SMILES string of the molecule is CCCN1CC[C@@H](NC(=O)Nc2nc(C)c(C(C)=O)s2)[C@H](CN2CCCC(Cc3ccc(F)cc3)C2)C1. The molecule has 3 atom stereocenters. The lowest BCUT2D eigenvalue weighted by Crippen LogP contribution is -2.55. The normalized spacial score (nSPS) is 23.1. The molecule has 1 aromatic carbocycles. The van der Waals surface area contributed by atoms with Gasteiger partial charge in [0.15, 0.2) is 10.9 Å². The number of Topliss-reactive ketones (excluding diaryl/α,β-unsaturated/α-hetero) is 1. The number of thiazole rings is 1. The van der Waals surface area contributed by atoms with Crippen LogP contribution in [0.5, 0.6) is 0 Å². The van der Waals surface area contributed by atoms with Crippen molar-refractivity contribution in [2.24, 2.45) is 11.8 Å². The number of nitrogens with zero attached hydrogens (tertiary/aromatic N) is 3. The number of benzene rings is 1. The van der Waals surface area contributed by atoms with Gasteiger partial charge in [0.05, 0.1) is 10.6 Å². The summed E-state index contributed by atoms with van der Waals surface area (Å²) in [5.41, 5.74) is 1.85. The van der Waals surface area contributed by atoms with Crippen LogP contribution in [0.2, 0.25) is 0 Å². The summed E-state index contributed by atoms with van der Waals surface area (Å²) in [4.78, 5) is 34.7. The minimum atomic E-state index is -0.254. The number of nitrogens with one attached hydrogen (secondary N) is 2. The zero-order valence-corrected chi connectivity index (χ0v) is 23.1. The molecule has 2 fully saturated rings. The number of carbonyl (C=O) groups is 2. The van der Waals surface area contributed by atoms with Gasteiger partial charge in [-0.1, -0.05) is 30.4 Å². The second-order valence-electron chi connectivity index (χ2n) is 10.6. The van der Waals surface area contributed by atoms with E-state index in [2.05, 4.69) is 32.3 Å². The van der Waals surface area contributed by atoms with Gasteiger partial charge in [-0.3, -0.25) is 10.1 Å². The van der Waals surface area contributed by atoms with Gasteiger partial charge in [0.2, 0.25) is 0 Å². The quantitative estimate of drug-likeness (QED) is 0.449. The molecular weight excluding hydrogens is 489 g/mol. The molecule has 4 rings (SSSR count). The van der Waals surface area contributed by atoms with Crippen LogP contribution in [0.15, 0.2) is 24.3 Å². The molecule has 2 aromatic rings. The van der Waals surface area contributed by atoms with Crippen LogP contribution in [-0.2, 0) is 6.42 Å². The maximum absolute atomic E-state index is 13.3. The standard InChI is InChI=1S/C28H40FN5O2S/c1-4-12-33-14-11-25(31-27(36)32-28-30-19(2)26(37-28)20(3)35)23(17-33)18-34-13-5-6-22(16-34)15-21-7-9-24(29)10-8-21/h7-10,22-23,25H,4-6,11-18H2,1-3H3,(H2,30,31,32,36)/t22?,23-,25+/m0/s1. The fourth-order valence-electron chi connectivity index (χ4n) is 5.85. The lowest BCUT2D eigenvalue weighted by Gasteiger charge is -2.42. The van der Waals surface area contributed by atoms with E-state index in [1.807, 2.05) is 12.1 Å². The van der Waals surface area contributed by atoms with Crippen molar-refractivity contribution >= 4 is 28.3 Å². The van der Waals surface area contributed by atoms with Gasteiger partial charge in [-0.15, -0.1) is 0 Å². The Morgan fingerprint density at radius 2 is 1.92 bits per heavy atom. The average Bonchev–Trinajstić information content (AvgIpc) is 3.22. The molecular formula is C28H40FN5O2S. The predicted molar refractivity (Wildman–Crippen MR) is 147 cm³/mol. The molecule has 9 heteroatoms. The van der Waals surface area contributed by atoms with Gasteiger partial charge in [-0.05, 0) is 75.7 Å². The predicted octanol–water partition coefficient (Wildman–Crippen LogP) is 4.97. The summed E-state index contributed by atoms with van der Waals surface area (Å²) >= 11 is 1.23. The number of urea groups is 1. The number of aryl methyl sites for hydroxylation is 1. The molecule has 3 heterocycles. The molecule has 2 aliphatic rings. The Morgan fingerprint density at radius 3 is 2.62 bits per heavy atom. The highest BCUT2D eigenvalue weighted by atomic mass is 32.1. The first-order valence-corrected chi connectivity index (χ1v) is 14.4. The van der Waals surface area contributed by atoms with Crippen molar-refractivity contribution in [3.8, 4) is 0 Å². The molecule has 2 aliphatic heterocycles. The van der Waals surface area contributed by atoms with Crippen LogP contribution in [0.25, 0.3) is 0 Å². The molecule has 0 saturated carbocycles. The third-order valence-electron chi connectivity index (χ3n) is 7.54. The van der Waals surface area contributed by atoms with Gasteiger partial charge in [-0.25, -0.2) is 14.2 Å². The van der Waals surface area contributed by atoms with E-state index >= 15 is 0 Å². The highest BCUT2D eigenvalue weighted by molar-refractivity contribution is 7.17. The fourth-order valence-corrected chi connectivity index (χ4v) is 6.71. The highest BCUT2D eigenvalue weighted by Crippen LogP contribution is 2.26. The third-order valence-corrected chi connectivity index (χ3v) is 8.72. The van der Waals surface area contributed by atoms with E-state index in [0.717, 1.165) is 65.0 Å². The topological polar surface area (TPSA) is 77.6 Å². The Hall–Kier alpha value is -2.36. The number of halogens is 1. The van der Waals surface area contributed by atoms with Gasteiger partial charge < -0.3 is 15.1 Å². The first-order chi connectivity index (χ1) is 17.8. The number of amides is 2. The molecule has 7 nitrogen and oxygen atoms in total. The summed E-state index contributed by atoms with van der Waals surface area (Å²) < 4.78 is 13.3. The van der Waals surface area contributed by atoms with Crippen LogP contribution in [0.1, 0.15) is 60.5 Å². The van der Waals surface area contributed by atoms with Crippen molar-refractivity contribution in [1.29, 1.82) is 0 Å². The Balaban J connectivity index is 1.36. The molecule has 0 spiro atoms. The second kappa shape index (κ2) is 12.9. The molecule has 202 valence electrons. The molecule has 2 saturated heterocycles. The summed E-state index contributed by atoms with van der Waals surface area (Å²) in [6, 6.07) is 6.74. The lowest BCUT2D eigenvalue weighted by molar-refractivity contribution is 0.0852. The maximum Gasteiger partial charge on any atom is 0.321 e. The molecule has 0 bridgehead atoms. The summed E-state index contributed by atoms with van der Waals surface area (Å²) in [7, 11) is 0. The van der Waals surface area contributed by atoms with Crippen molar-refractivity contribution < 1.29 is 14.0 Å². The Morgan fingerprint density at radius 1 is 1.14 bits per heavy atom. The van der Waals surface area contributed by atoms with Gasteiger partial charge >= 0.3 is 6.03 Å². The Bertz CT molecular complexity index is 1060. The summed E-state index contributed by atoms with van der Waals surface area (Å²) in [6.07, 6.45) is 5.37. The van der Waals surface area contributed by atoms with Crippen LogP contribution in [0.4, 0.5) is 14.3 Å². The van der Waals surface area contributed by atoms with Gasteiger partial charge in [-0.2, -0.15) is 0 Å². The van der Waals surface area contributed by atoms with E-state index in [-0.39, 0.29) is 23.7 Å². The number of aromatic nitrogens is 1. The molecule has 2 N–H and O–H groups in total. The van der Waals surface area contributed by atoms with E-state index in [1.54, 1.807) is 19.1 Å². The number of hydrogen-bond donors (Lipinski definition) is 2. The molecule has 0 radical (unpaired) electrons. The molecule has 1 unspecified atom stereocenters. The third kappa shape index (κ3) is 7.82. The van der Waals surface area contributed by atoms with Crippen molar-refractivity contribution in [2.45, 2.75) is 58.9 Å². The maximum atomic E-state index is 13.3. The minimum Gasteiger partial charge on any atom is -0.335 e. The van der Waals surface area contributed by atoms with Gasteiger partial charge in [0, 0.05) is 45.1 Å². The van der Waals surface area contributed by atoms with Crippen LogP contribution < -0.4 is 10.6 Å². The number of carbonyl (C=O) groups excluding carboxylic acids is 2. The van der Waals surface area contributed by atoms with E-state index in [0.29, 0.717) is 27.5 Å². The minimum absolute atomic E-state index is 0.0360. The zero-order valence-electron chi connectivity index (χ0n) is 22.3. The van der Waals surface area contributed by atoms with Crippen molar-refractivity contribution in [1.82, 2.24) is 20.1 Å². The number of ketones is 1. The van der Waals surface area contributed by atoms with Crippen molar-refractivity contribution in [2.75, 3.05) is 44.6 Å². The van der Waals surface area contributed by atoms with Crippen LogP contribution in [-0.4, -0.2) is 71.9 Å². The second-order valence-corrected chi connectivity index (χ2v) is 11.6. The Labute approximate surface area is 223 Å². The van der Waals surface area contributed by atoms with E-state index in [9.17, 15) is 14.0 Å². The van der Waals surface area contributed by atoms with Crippen molar-refractivity contribution in [3.05, 3.63) is 46.2 Å². The smallest absolute Gasteiger partial charge is 0.321 e. The summed E-state index contributed by atoms with van der Waals surface area (Å²) in [5, 5.41) is 6.54. The van der Waals surface area contributed by atoms with Gasteiger partial charge in [0.25, 0.3) is 0 Å². The number of likely N-dealkylation sites (tertiary alicyclic amines) is 2. The van der Waals surface area contributed by atoms with Gasteiger partial charge in [0.1, 0.15) is 5.82 Å². The zero-order chi connectivity index (χ0) is 26.4. The van der Waals surface area contributed by atoms with E-state index in [1.165, 1.54) is 30.2 Å². The number of anilines is 1. The Kier molecular flexibility index (Phi) is 9.67. The van der Waals surface area contributed by atoms with Crippen LogP contribution >= 0.6 is 11.3 Å². The monoisotopic (exact) mass is 529 g/mol. The molecule has 1 aromatic heterocycles. The average molecular weight is 530 g/mol. The molecule has 2 amide bonds. The van der Waals surface area contributed by atoms with Crippen LogP contribution in [0, 0.1) is 24.6 Å². The van der Waals surface area contributed by atoms with E-state index < -0.39 is 0 Å². The lowest BCUT2D eigenvalue weighted by atomic mass is 9.88. The number of hydrogen-bond acceptors (Lipinski definition) is 6. The number of piperidine rings is 2. The van der Waals surface area contributed by atoms with Crippen molar-refractivity contribution in [3.63, 3.8) is 0 Å². The van der Waals surface area contributed by atoms with Crippen LogP contribution in [0.3, 0.4) is 0 Å². The first-order valence-electron chi connectivity index (χ1n) is 13.6. The van der Waals surface area contributed by atoms with E-state index in [4.69, 9.17) is 0 Å². The highest BCUT2D eigenvalue weighted by Gasteiger charge is 2.33. The summed E-state index contributed by atoms with van der Waals surface area (Å²) in [6.45, 7) is 11.6. The first kappa shape index (κ1) is 27.7. The largest absolute Gasteiger partial charge is 0.335 e. The molecule has 0 aliphatic carbocycles. The number of rotatable bonds is 9. The fraction of sp³-hybridized carbons (Fsp3) is 0.607. The molecule has 37 heavy (non-hydrogen) atoms. The summed E-state index contributed by atoms with van der Waals surface area (Å²) in [5.74, 6) is 0.676.